The summed E-state index contributed by atoms with van der Waals surface area (Å²) in [4.78, 5) is 22.8. The molecule has 9 heteroatoms. The van der Waals surface area contributed by atoms with Crippen LogP contribution in [0.15, 0.2) is 53.4 Å². The van der Waals surface area contributed by atoms with Gasteiger partial charge in [0, 0.05) is 25.2 Å². The van der Waals surface area contributed by atoms with Crippen LogP contribution in [0, 0.1) is 5.82 Å². The van der Waals surface area contributed by atoms with Crippen LogP contribution < -0.4 is 5.32 Å². The zero-order valence-corrected chi connectivity index (χ0v) is 15.6. The highest BCUT2D eigenvalue weighted by Gasteiger charge is 2.23. The van der Waals surface area contributed by atoms with E-state index in [1.54, 1.807) is 6.07 Å². The molecule has 0 saturated carbocycles. The summed E-state index contributed by atoms with van der Waals surface area (Å²) in [5.74, 6) is -1.59. The SMILES string of the molecule is CC(=O)Nc1ccc(S(=O)(=O)N(C)CC(=O)OCc2ccccc2F)cc1. The van der Waals surface area contributed by atoms with Gasteiger partial charge >= 0.3 is 5.97 Å². The Bertz CT molecular complexity index is 929. The maximum absolute atomic E-state index is 13.5. The van der Waals surface area contributed by atoms with Gasteiger partial charge in [0.05, 0.1) is 4.90 Å². The smallest absolute Gasteiger partial charge is 0.321 e. The lowest BCUT2D eigenvalue weighted by atomic mass is 10.2. The highest BCUT2D eigenvalue weighted by Crippen LogP contribution is 2.17. The van der Waals surface area contributed by atoms with E-state index in [-0.39, 0.29) is 23.0 Å². The molecule has 0 bridgehead atoms. The number of carbonyl (C=O) groups excluding carboxylic acids is 2. The largest absolute Gasteiger partial charge is 0.460 e. The molecule has 0 saturated heterocycles. The summed E-state index contributed by atoms with van der Waals surface area (Å²) in [7, 11) is -2.69. The number of likely N-dealkylation sites (N-methyl/N-ethyl adjacent to an activating group) is 1. The molecule has 0 aliphatic heterocycles. The van der Waals surface area contributed by atoms with E-state index < -0.39 is 28.4 Å². The minimum Gasteiger partial charge on any atom is -0.460 e. The van der Waals surface area contributed by atoms with E-state index in [1.165, 1.54) is 56.4 Å². The van der Waals surface area contributed by atoms with Gasteiger partial charge in [-0.25, -0.2) is 12.8 Å². The number of sulfonamides is 1. The summed E-state index contributed by atoms with van der Waals surface area (Å²) in [6, 6.07) is 11.4. The second kappa shape index (κ2) is 8.74. The molecule has 0 atom stereocenters. The summed E-state index contributed by atoms with van der Waals surface area (Å²) in [5.41, 5.74) is 0.651. The Morgan fingerprint density at radius 3 is 2.33 bits per heavy atom. The number of halogens is 1. The quantitative estimate of drug-likeness (QED) is 0.727. The molecule has 0 heterocycles. The molecule has 1 amide bonds. The lowest BCUT2D eigenvalue weighted by Gasteiger charge is -2.17. The van der Waals surface area contributed by atoms with E-state index in [4.69, 9.17) is 4.74 Å². The highest BCUT2D eigenvalue weighted by atomic mass is 32.2. The van der Waals surface area contributed by atoms with Gasteiger partial charge in [0.15, 0.2) is 0 Å². The molecule has 0 radical (unpaired) electrons. The number of esters is 1. The van der Waals surface area contributed by atoms with Crippen LogP contribution in [0.1, 0.15) is 12.5 Å². The number of hydrogen-bond donors (Lipinski definition) is 1. The number of carbonyl (C=O) groups is 2. The lowest BCUT2D eigenvalue weighted by molar-refractivity contribution is -0.145. The number of hydrogen-bond acceptors (Lipinski definition) is 5. The lowest BCUT2D eigenvalue weighted by Crippen LogP contribution is -2.33. The zero-order chi connectivity index (χ0) is 20.0. The Labute approximate surface area is 156 Å². The Morgan fingerprint density at radius 1 is 1.11 bits per heavy atom. The fraction of sp³-hybridized carbons (Fsp3) is 0.222. The second-order valence-corrected chi connectivity index (χ2v) is 7.76. The van der Waals surface area contributed by atoms with Gasteiger partial charge in [-0.1, -0.05) is 18.2 Å². The summed E-state index contributed by atoms with van der Waals surface area (Å²) in [6.45, 7) is 0.528. The highest BCUT2D eigenvalue weighted by molar-refractivity contribution is 7.89. The van der Waals surface area contributed by atoms with Crippen molar-refractivity contribution in [2.45, 2.75) is 18.4 Å². The maximum Gasteiger partial charge on any atom is 0.321 e. The zero-order valence-electron chi connectivity index (χ0n) is 14.8. The molecule has 0 fully saturated rings. The van der Waals surface area contributed by atoms with Crippen LogP contribution in [-0.2, 0) is 31.0 Å². The van der Waals surface area contributed by atoms with Crippen molar-refractivity contribution >= 4 is 27.6 Å². The number of anilines is 1. The van der Waals surface area contributed by atoms with E-state index in [9.17, 15) is 22.4 Å². The molecular weight excluding hydrogens is 375 g/mol. The average Bonchev–Trinajstić information content (AvgIpc) is 2.61. The molecule has 0 unspecified atom stereocenters. The van der Waals surface area contributed by atoms with E-state index in [2.05, 4.69) is 5.32 Å². The molecule has 144 valence electrons. The normalized spacial score (nSPS) is 11.3. The number of rotatable bonds is 7. The standard InChI is InChI=1S/C18H19FN2O5S/c1-13(22)20-15-7-9-16(10-8-15)27(24,25)21(2)11-18(23)26-12-14-5-3-4-6-17(14)19/h3-10H,11-12H2,1-2H3,(H,20,22). The number of ether oxygens (including phenoxy) is 1. The Hall–Kier alpha value is -2.78. The van der Waals surface area contributed by atoms with Crippen molar-refractivity contribution < 1.29 is 27.1 Å². The molecule has 2 aromatic carbocycles. The third-order valence-electron chi connectivity index (χ3n) is 3.58. The predicted molar refractivity (Wildman–Crippen MR) is 96.8 cm³/mol. The van der Waals surface area contributed by atoms with E-state index in [1.807, 2.05) is 0 Å². The number of amides is 1. The summed E-state index contributed by atoms with van der Waals surface area (Å²) in [6.07, 6.45) is 0. The molecule has 0 aliphatic rings. The van der Waals surface area contributed by atoms with Gasteiger partial charge in [0.2, 0.25) is 15.9 Å². The van der Waals surface area contributed by atoms with E-state index >= 15 is 0 Å². The van der Waals surface area contributed by atoms with Crippen LogP contribution in [-0.4, -0.2) is 38.2 Å². The van der Waals surface area contributed by atoms with Gasteiger partial charge < -0.3 is 10.1 Å². The minimum atomic E-state index is -3.92. The maximum atomic E-state index is 13.5. The molecule has 1 N–H and O–H groups in total. The van der Waals surface area contributed by atoms with Crippen molar-refractivity contribution in [3.05, 3.63) is 59.9 Å². The third kappa shape index (κ3) is 5.60. The Kier molecular flexibility index (Phi) is 6.65. The van der Waals surface area contributed by atoms with Crippen molar-refractivity contribution in [1.29, 1.82) is 0 Å². The van der Waals surface area contributed by atoms with E-state index in [0.29, 0.717) is 5.69 Å². The topological polar surface area (TPSA) is 92.8 Å². The Morgan fingerprint density at radius 2 is 1.74 bits per heavy atom. The first-order valence-electron chi connectivity index (χ1n) is 7.93. The number of nitrogens with zero attached hydrogens (tertiary/aromatic N) is 1. The first kappa shape index (κ1) is 20.5. The van der Waals surface area contributed by atoms with Gasteiger partial charge in [-0.15, -0.1) is 0 Å². The van der Waals surface area contributed by atoms with Gasteiger partial charge in [-0.05, 0) is 30.3 Å². The van der Waals surface area contributed by atoms with Gasteiger partial charge in [-0.3, -0.25) is 9.59 Å². The summed E-state index contributed by atoms with van der Waals surface area (Å²) < 4.78 is 44.3. The van der Waals surface area contributed by atoms with Gasteiger partial charge in [-0.2, -0.15) is 4.31 Å². The van der Waals surface area contributed by atoms with Crippen LogP contribution >= 0.6 is 0 Å². The van der Waals surface area contributed by atoms with Crippen LogP contribution in [0.2, 0.25) is 0 Å². The fourth-order valence-electron chi connectivity index (χ4n) is 2.18. The van der Waals surface area contributed by atoms with E-state index in [0.717, 1.165) is 4.31 Å². The fourth-order valence-corrected chi connectivity index (χ4v) is 3.29. The summed E-state index contributed by atoms with van der Waals surface area (Å²) in [5, 5.41) is 2.53. The van der Waals surface area contributed by atoms with Crippen molar-refractivity contribution in [1.82, 2.24) is 4.31 Å². The van der Waals surface area contributed by atoms with Gasteiger partial charge in [0.25, 0.3) is 0 Å². The predicted octanol–water partition coefficient (Wildman–Crippen LogP) is 2.15. The first-order valence-corrected chi connectivity index (χ1v) is 9.37. The van der Waals surface area contributed by atoms with Crippen molar-refractivity contribution in [3.63, 3.8) is 0 Å². The molecule has 0 spiro atoms. The van der Waals surface area contributed by atoms with Crippen LogP contribution in [0.3, 0.4) is 0 Å². The minimum absolute atomic E-state index is 0.0407. The summed E-state index contributed by atoms with van der Waals surface area (Å²) >= 11 is 0. The Balaban J connectivity index is 1.98. The number of benzene rings is 2. The molecule has 27 heavy (non-hydrogen) atoms. The van der Waals surface area contributed by atoms with Crippen LogP contribution in [0.4, 0.5) is 10.1 Å². The number of nitrogens with one attached hydrogen (secondary N) is 1. The van der Waals surface area contributed by atoms with Crippen LogP contribution in [0.5, 0.6) is 0 Å². The van der Waals surface area contributed by atoms with Crippen molar-refractivity contribution in [2.24, 2.45) is 0 Å². The second-order valence-electron chi connectivity index (χ2n) is 5.72. The third-order valence-corrected chi connectivity index (χ3v) is 5.40. The molecule has 2 aromatic rings. The molecule has 2 rings (SSSR count). The average molecular weight is 394 g/mol. The van der Waals surface area contributed by atoms with Gasteiger partial charge in [0.1, 0.15) is 19.0 Å². The molecular formula is C18H19FN2O5S. The molecule has 0 aliphatic carbocycles. The van der Waals surface area contributed by atoms with Crippen molar-refractivity contribution in [2.75, 3.05) is 18.9 Å². The molecule has 0 aromatic heterocycles. The monoisotopic (exact) mass is 394 g/mol. The van der Waals surface area contributed by atoms with Crippen molar-refractivity contribution in [3.8, 4) is 0 Å². The first-order chi connectivity index (χ1) is 12.7. The van der Waals surface area contributed by atoms with Crippen LogP contribution in [0.25, 0.3) is 0 Å². The molecule has 7 nitrogen and oxygen atoms in total.